The van der Waals surface area contributed by atoms with E-state index in [0.717, 1.165) is 22.7 Å². The summed E-state index contributed by atoms with van der Waals surface area (Å²) in [5, 5.41) is 13.8. The highest BCUT2D eigenvalue weighted by Gasteiger charge is 2.37. The third-order valence-corrected chi connectivity index (χ3v) is 6.43. The predicted molar refractivity (Wildman–Crippen MR) is 113 cm³/mol. The van der Waals surface area contributed by atoms with Crippen LogP contribution >= 0.6 is 0 Å². The van der Waals surface area contributed by atoms with Crippen molar-refractivity contribution < 1.29 is 31.5 Å². The zero-order valence-electron chi connectivity index (χ0n) is 18.1. The third kappa shape index (κ3) is 4.84. The van der Waals surface area contributed by atoms with Gasteiger partial charge in [0.2, 0.25) is 10.0 Å². The number of halogens is 3. The van der Waals surface area contributed by atoms with Gasteiger partial charge in [-0.2, -0.15) is 18.3 Å². The second kappa shape index (κ2) is 7.98. The molecule has 1 aromatic heterocycles. The highest BCUT2D eigenvalue weighted by Crippen LogP contribution is 2.38. The SMILES string of the molecule is CC(C)(C)N(CC1CN(S(C)(=O)=O)c2c(-c3ccc(C(F)(F)F)cc3)cnn2C1)C(=O)O. The fourth-order valence-electron chi connectivity index (χ4n) is 3.75. The van der Waals surface area contributed by atoms with E-state index in [0.29, 0.717) is 11.1 Å². The molecule has 0 bridgehead atoms. The number of carbonyl (C=O) groups is 1. The van der Waals surface area contributed by atoms with Crippen molar-refractivity contribution in [1.29, 1.82) is 0 Å². The number of anilines is 1. The van der Waals surface area contributed by atoms with Crippen LogP contribution in [0.15, 0.2) is 30.5 Å². The molecule has 2 aromatic rings. The number of benzene rings is 1. The standard InChI is InChI=1S/C20H25F3N4O4S/c1-19(2,3)25(18(28)29)10-13-11-26-17(27(12-13)32(4,30)31)16(9-24-26)14-5-7-15(8-6-14)20(21,22)23/h5-9,13H,10-12H2,1-4H3,(H,28,29). The molecule has 12 heteroatoms. The molecule has 0 saturated carbocycles. The molecule has 1 aliphatic heterocycles. The van der Waals surface area contributed by atoms with Gasteiger partial charge in [0, 0.05) is 36.7 Å². The van der Waals surface area contributed by atoms with E-state index in [4.69, 9.17) is 0 Å². The van der Waals surface area contributed by atoms with Crippen molar-refractivity contribution in [3.05, 3.63) is 36.0 Å². The van der Waals surface area contributed by atoms with Gasteiger partial charge in [0.25, 0.3) is 0 Å². The molecule has 32 heavy (non-hydrogen) atoms. The average molecular weight is 475 g/mol. The van der Waals surface area contributed by atoms with Gasteiger partial charge < -0.3 is 10.0 Å². The number of hydrogen-bond donors (Lipinski definition) is 1. The largest absolute Gasteiger partial charge is 0.465 e. The molecule has 3 rings (SSSR count). The number of sulfonamides is 1. The van der Waals surface area contributed by atoms with Crippen LogP contribution in [-0.2, 0) is 22.7 Å². The number of rotatable bonds is 4. The Bertz CT molecular complexity index is 1110. The molecule has 176 valence electrons. The number of alkyl halides is 3. The fraction of sp³-hybridized carbons (Fsp3) is 0.500. The molecule has 0 radical (unpaired) electrons. The molecule has 1 unspecified atom stereocenters. The lowest BCUT2D eigenvalue weighted by molar-refractivity contribution is -0.137. The molecule has 8 nitrogen and oxygen atoms in total. The van der Waals surface area contributed by atoms with Crippen LogP contribution in [-0.4, -0.2) is 59.2 Å². The minimum absolute atomic E-state index is 0.0258. The summed E-state index contributed by atoms with van der Waals surface area (Å²) in [7, 11) is -3.77. The second-order valence-electron chi connectivity index (χ2n) is 8.86. The number of nitrogens with zero attached hydrogens (tertiary/aromatic N) is 4. The summed E-state index contributed by atoms with van der Waals surface area (Å²) < 4.78 is 66.4. The van der Waals surface area contributed by atoms with E-state index >= 15 is 0 Å². The van der Waals surface area contributed by atoms with Crippen LogP contribution in [0.5, 0.6) is 0 Å². The zero-order chi connectivity index (χ0) is 24.1. The van der Waals surface area contributed by atoms with Gasteiger partial charge in [-0.1, -0.05) is 12.1 Å². The number of aromatic nitrogens is 2. The maximum Gasteiger partial charge on any atom is 0.416 e. The summed E-state index contributed by atoms with van der Waals surface area (Å²) in [6, 6.07) is 4.42. The van der Waals surface area contributed by atoms with Gasteiger partial charge in [-0.3, -0.25) is 4.31 Å². The highest BCUT2D eigenvalue weighted by molar-refractivity contribution is 7.92. The van der Waals surface area contributed by atoms with Gasteiger partial charge in [-0.25, -0.2) is 17.9 Å². The number of hydrogen-bond acceptors (Lipinski definition) is 4. The van der Waals surface area contributed by atoms with Crippen molar-refractivity contribution in [2.75, 3.05) is 23.7 Å². The van der Waals surface area contributed by atoms with Gasteiger partial charge in [-0.05, 0) is 38.5 Å². The minimum Gasteiger partial charge on any atom is -0.465 e. The first kappa shape index (κ1) is 23.9. The first-order valence-corrected chi connectivity index (χ1v) is 11.7. The number of amides is 1. The van der Waals surface area contributed by atoms with Crippen LogP contribution in [0.2, 0.25) is 0 Å². The van der Waals surface area contributed by atoms with Gasteiger partial charge in [0.1, 0.15) is 5.82 Å². The average Bonchev–Trinajstić information content (AvgIpc) is 3.06. The van der Waals surface area contributed by atoms with Crippen molar-refractivity contribution in [3.63, 3.8) is 0 Å². The summed E-state index contributed by atoms with van der Waals surface area (Å²) in [4.78, 5) is 13.0. The molecule has 1 aliphatic rings. The lowest BCUT2D eigenvalue weighted by atomic mass is 10.0. The van der Waals surface area contributed by atoms with Crippen molar-refractivity contribution in [2.24, 2.45) is 5.92 Å². The Labute approximate surface area is 184 Å². The first-order valence-electron chi connectivity index (χ1n) is 9.80. The van der Waals surface area contributed by atoms with E-state index < -0.39 is 33.4 Å². The molecular formula is C20H25F3N4O4S. The molecule has 1 N–H and O–H groups in total. The Morgan fingerprint density at radius 1 is 1.19 bits per heavy atom. The Hall–Kier alpha value is -2.76. The van der Waals surface area contributed by atoms with Crippen LogP contribution in [0.1, 0.15) is 26.3 Å². The van der Waals surface area contributed by atoms with Gasteiger partial charge in [0.15, 0.2) is 0 Å². The lowest BCUT2D eigenvalue weighted by Crippen LogP contribution is -2.51. The molecule has 1 atom stereocenters. The van der Waals surface area contributed by atoms with Crippen LogP contribution < -0.4 is 4.31 Å². The second-order valence-corrected chi connectivity index (χ2v) is 10.8. The molecule has 0 spiro atoms. The monoisotopic (exact) mass is 474 g/mol. The van der Waals surface area contributed by atoms with E-state index in [9.17, 15) is 31.5 Å². The molecule has 0 fully saturated rings. The van der Waals surface area contributed by atoms with Crippen molar-refractivity contribution in [2.45, 2.75) is 39.0 Å². The van der Waals surface area contributed by atoms with Crippen LogP contribution in [0.3, 0.4) is 0 Å². The summed E-state index contributed by atoms with van der Waals surface area (Å²) >= 11 is 0. The predicted octanol–water partition coefficient (Wildman–Crippen LogP) is 3.74. The molecule has 2 heterocycles. The Morgan fingerprint density at radius 2 is 1.78 bits per heavy atom. The number of fused-ring (bicyclic) bond motifs is 1. The molecule has 0 saturated heterocycles. The van der Waals surface area contributed by atoms with Gasteiger partial charge in [-0.15, -0.1) is 0 Å². The topological polar surface area (TPSA) is 95.7 Å². The summed E-state index contributed by atoms with van der Waals surface area (Å²) in [6.45, 7) is 5.64. The Balaban J connectivity index is 1.99. The maximum atomic E-state index is 12.9. The Morgan fingerprint density at radius 3 is 2.25 bits per heavy atom. The normalized spacial score (nSPS) is 17.2. The molecule has 1 amide bonds. The van der Waals surface area contributed by atoms with E-state index in [2.05, 4.69) is 5.10 Å². The Kier molecular flexibility index (Phi) is 5.96. The van der Waals surface area contributed by atoms with E-state index in [1.54, 1.807) is 20.8 Å². The van der Waals surface area contributed by atoms with Crippen molar-refractivity contribution >= 4 is 21.9 Å². The van der Waals surface area contributed by atoms with Gasteiger partial charge >= 0.3 is 12.3 Å². The van der Waals surface area contributed by atoms with E-state index in [1.165, 1.54) is 27.9 Å². The quantitative estimate of drug-likeness (QED) is 0.728. The van der Waals surface area contributed by atoms with Crippen LogP contribution in [0, 0.1) is 5.92 Å². The fourth-order valence-corrected chi connectivity index (χ4v) is 4.73. The summed E-state index contributed by atoms with van der Waals surface area (Å²) in [5.74, 6) is -0.117. The number of carboxylic acid groups (broad SMARTS) is 1. The highest BCUT2D eigenvalue weighted by atomic mass is 32.2. The lowest BCUT2D eigenvalue weighted by Gasteiger charge is -2.39. The maximum absolute atomic E-state index is 12.9. The smallest absolute Gasteiger partial charge is 0.416 e. The van der Waals surface area contributed by atoms with Crippen molar-refractivity contribution in [1.82, 2.24) is 14.7 Å². The van der Waals surface area contributed by atoms with E-state index in [1.807, 2.05) is 0 Å². The molecular weight excluding hydrogens is 449 g/mol. The summed E-state index contributed by atoms with van der Waals surface area (Å²) in [6.07, 6.45) is -3.15. The van der Waals surface area contributed by atoms with Crippen molar-refractivity contribution in [3.8, 4) is 11.1 Å². The zero-order valence-corrected chi connectivity index (χ0v) is 18.9. The third-order valence-electron chi connectivity index (χ3n) is 5.31. The first-order chi connectivity index (χ1) is 14.6. The summed E-state index contributed by atoms with van der Waals surface area (Å²) in [5.41, 5.74) is -0.711. The van der Waals surface area contributed by atoms with E-state index in [-0.39, 0.29) is 31.4 Å². The van der Waals surface area contributed by atoms with Gasteiger partial charge in [0.05, 0.1) is 18.0 Å². The molecule has 1 aromatic carbocycles. The van der Waals surface area contributed by atoms with Crippen LogP contribution in [0.4, 0.5) is 23.8 Å². The minimum atomic E-state index is -4.48. The molecule has 0 aliphatic carbocycles. The van der Waals surface area contributed by atoms with Crippen LogP contribution in [0.25, 0.3) is 11.1 Å².